The lowest BCUT2D eigenvalue weighted by molar-refractivity contribution is 0.416. The first-order valence-electron chi connectivity index (χ1n) is 7.65. The van der Waals surface area contributed by atoms with Gasteiger partial charge in [0.05, 0.1) is 5.69 Å². The standard InChI is InChI=1S/C16H29N3/c1-12-15(10-17-16(3,4)5)13(2)19(18-12)11-14-8-6-7-9-14/h14,17H,6-11H2,1-5H3. The molecule has 0 spiro atoms. The fourth-order valence-electron chi connectivity index (χ4n) is 2.96. The highest BCUT2D eigenvalue weighted by atomic mass is 15.3. The number of hydrogen-bond donors (Lipinski definition) is 1. The molecule has 3 heteroatoms. The van der Waals surface area contributed by atoms with Crippen molar-refractivity contribution in [3.63, 3.8) is 0 Å². The van der Waals surface area contributed by atoms with Gasteiger partial charge in [-0.3, -0.25) is 4.68 Å². The number of nitrogens with zero attached hydrogens (tertiary/aromatic N) is 2. The smallest absolute Gasteiger partial charge is 0.0641 e. The number of aromatic nitrogens is 2. The van der Waals surface area contributed by atoms with Gasteiger partial charge in [-0.15, -0.1) is 0 Å². The summed E-state index contributed by atoms with van der Waals surface area (Å²) in [4.78, 5) is 0. The zero-order valence-corrected chi connectivity index (χ0v) is 13.2. The molecule has 19 heavy (non-hydrogen) atoms. The van der Waals surface area contributed by atoms with E-state index in [4.69, 9.17) is 5.10 Å². The van der Waals surface area contributed by atoms with Gasteiger partial charge in [-0.25, -0.2) is 0 Å². The van der Waals surface area contributed by atoms with Crippen LogP contribution in [0.25, 0.3) is 0 Å². The molecule has 1 N–H and O–H groups in total. The molecule has 1 heterocycles. The number of aryl methyl sites for hydroxylation is 1. The van der Waals surface area contributed by atoms with E-state index in [0.717, 1.165) is 19.0 Å². The van der Waals surface area contributed by atoms with Crippen molar-refractivity contribution in [2.45, 2.75) is 78.9 Å². The van der Waals surface area contributed by atoms with Crippen LogP contribution in [0.1, 0.15) is 63.4 Å². The molecule has 1 aromatic heterocycles. The monoisotopic (exact) mass is 263 g/mol. The molecule has 0 saturated heterocycles. The Morgan fingerprint density at radius 2 is 1.84 bits per heavy atom. The Morgan fingerprint density at radius 1 is 1.21 bits per heavy atom. The lowest BCUT2D eigenvalue weighted by atomic mass is 10.1. The molecule has 0 aliphatic heterocycles. The van der Waals surface area contributed by atoms with E-state index in [1.165, 1.54) is 42.6 Å². The maximum atomic E-state index is 4.75. The van der Waals surface area contributed by atoms with Gasteiger partial charge in [-0.1, -0.05) is 12.8 Å². The third-order valence-electron chi connectivity index (χ3n) is 4.23. The Kier molecular flexibility index (Phi) is 4.34. The molecule has 2 rings (SSSR count). The topological polar surface area (TPSA) is 29.9 Å². The van der Waals surface area contributed by atoms with Crippen molar-refractivity contribution >= 4 is 0 Å². The first kappa shape index (κ1) is 14.6. The van der Waals surface area contributed by atoms with Crippen LogP contribution in [-0.4, -0.2) is 15.3 Å². The van der Waals surface area contributed by atoms with Gasteiger partial charge in [0, 0.05) is 29.9 Å². The maximum Gasteiger partial charge on any atom is 0.0641 e. The first-order chi connectivity index (χ1) is 8.87. The van der Waals surface area contributed by atoms with Crippen LogP contribution in [0.4, 0.5) is 0 Å². The molecule has 108 valence electrons. The highest BCUT2D eigenvalue weighted by Crippen LogP contribution is 2.27. The summed E-state index contributed by atoms with van der Waals surface area (Å²) in [5.74, 6) is 0.849. The van der Waals surface area contributed by atoms with E-state index in [1.54, 1.807) is 0 Å². The SMILES string of the molecule is Cc1nn(CC2CCCC2)c(C)c1CNC(C)(C)C. The fourth-order valence-corrected chi connectivity index (χ4v) is 2.96. The maximum absolute atomic E-state index is 4.75. The van der Waals surface area contributed by atoms with E-state index in [9.17, 15) is 0 Å². The Labute approximate surface area is 117 Å². The average molecular weight is 263 g/mol. The van der Waals surface area contributed by atoms with E-state index in [2.05, 4.69) is 44.6 Å². The molecule has 3 nitrogen and oxygen atoms in total. The van der Waals surface area contributed by atoms with Crippen LogP contribution >= 0.6 is 0 Å². The molecular weight excluding hydrogens is 234 g/mol. The molecule has 0 atom stereocenters. The van der Waals surface area contributed by atoms with Gasteiger partial charge >= 0.3 is 0 Å². The summed E-state index contributed by atoms with van der Waals surface area (Å²) in [7, 11) is 0. The average Bonchev–Trinajstić information content (AvgIpc) is 2.87. The second-order valence-corrected chi connectivity index (χ2v) is 7.09. The van der Waals surface area contributed by atoms with Crippen LogP contribution in [0.5, 0.6) is 0 Å². The molecule has 1 aliphatic rings. The number of nitrogens with one attached hydrogen (secondary N) is 1. The van der Waals surface area contributed by atoms with Crippen molar-refractivity contribution in [3.05, 3.63) is 17.0 Å². The molecule has 0 aromatic carbocycles. The summed E-state index contributed by atoms with van der Waals surface area (Å²) in [6.45, 7) is 13.0. The Balaban J connectivity index is 2.05. The Bertz CT molecular complexity index is 420. The first-order valence-corrected chi connectivity index (χ1v) is 7.65. The molecule has 0 amide bonds. The lowest BCUT2D eigenvalue weighted by Crippen LogP contribution is -2.35. The van der Waals surface area contributed by atoms with Crippen molar-refractivity contribution < 1.29 is 0 Å². The van der Waals surface area contributed by atoms with Gasteiger partial charge in [0.1, 0.15) is 0 Å². The zero-order chi connectivity index (χ0) is 14.0. The van der Waals surface area contributed by atoms with Crippen LogP contribution in [0, 0.1) is 19.8 Å². The predicted octanol–water partition coefficient (Wildman–Crippen LogP) is 3.58. The van der Waals surface area contributed by atoms with Crippen molar-refractivity contribution in [2.75, 3.05) is 0 Å². The van der Waals surface area contributed by atoms with Gasteiger partial charge in [0.25, 0.3) is 0 Å². The minimum Gasteiger partial charge on any atom is -0.308 e. The molecule has 1 aliphatic carbocycles. The third-order valence-corrected chi connectivity index (χ3v) is 4.23. The van der Waals surface area contributed by atoms with Crippen molar-refractivity contribution in [1.29, 1.82) is 0 Å². The predicted molar refractivity (Wildman–Crippen MR) is 80.3 cm³/mol. The minimum absolute atomic E-state index is 0.159. The normalized spacial score (nSPS) is 17.3. The molecule has 1 fully saturated rings. The van der Waals surface area contributed by atoms with Crippen LogP contribution in [0.3, 0.4) is 0 Å². The van der Waals surface area contributed by atoms with Crippen LogP contribution < -0.4 is 5.32 Å². The molecule has 1 aromatic rings. The van der Waals surface area contributed by atoms with Crippen LogP contribution in [0.2, 0.25) is 0 Å². The van der Waals surface area contributed by atoms with E-state index in [0.29, 0.717) is 0 Å². The van der Waals surface area contributed by atoms with Crippen LogP contribution in [-0.2, 0) is 13.1 Å². The van der Waals surface area contributed by atoms with E-state index >= 15 is 0 Å². The molecule has 1 saturated carbocycles. The summed E-state index contributed by atoms with van der Waals surface area (Å²) >= 11 is 0. The Hall–Kier alpha value is -0.830. The Morgan fingerprint density at radius 3 is 2.42 bits per heavy atom. The molecule has 0 bridgehead atoms. The van der Waals surface area contributed by atoms with Gasteiger partial charge in [0.2, 0.25) is 0 Å². The van der Waals surface area contributed by atoms with E-state index < -0.39 is 0 Å². The third kappa shape index (κ3) is 3.82. The summed E-state index contributed by atoms with van der Waals surface area (Å²) in [5, 5.41) is 8.32. The quantitative estimate of drug-likeness (QED) is 0.900. The van der Waals surface area contributed by atoms with Crippen LogP contribution in [0.15, 0.2) is 0 Å². The second kappa shape index (κ2) is 5.66. The van der Waals surface area contributed by atoms with E-state index in [1.807, 2.05) is 0 Å². The summed E-state index contributed by atoms with van der Waals surface area (Å²) < 4.78 is 2.24. The highest BCUT2D eigenvalue weighted by Gasteiger charge is 2.19. The van der Waals surface area contributed by atoms with Gasteiger partial charge in [-0.05, 0) is 53.4 Å². The van der Waals surface area contributed by atoms with Crippen molar-refractivity contribution in [1.82, 2.24) is 15.1 Å². The molecular formula is C16H29N3. The summed E-state index contributed by atoms with van der Waals surface area (Å²) in [6.07, 6.45) is 5.58. The lowest BCUT2D eigenvalue weighted by Gasteiger charge is -2.20. The fraction of sp³-hybridized carbons (Fsp3) is 0.812. The van der Waals surface area contributed by atoms with Gasteiger partial charge < -0.3 is 5.32 Å². The molecule has 0 unspecified atom stereocenters. The highest BCUT2D eigenvalue weighted by molar-refractivity contribution is 5.24. The zero-order valence-electron chi connectivity index (χ0n) is 13.2. The number of hydrogen-bond acceptors (Lipinski definition) is 2. The number of rotatable bonds is 4. The van der Waals surface area contributed by atoms with Gasteiger partial charge in [0.15, 0.2) is 0 Å². The summed E-state index contributed by atoms with van der Waals surface area (Å²) in [6, 6.07) is 0. The van der Waals surface area contributed by atoms with Gasteiger partial charge in [-0.2, -0.15) is 5.10 Å². The minimum atomic E-state index is 0.159. The van der Waals surface area contributed by atoms with Crippen molar-refractivity contribution in [3.8, 4) is 0 Å². The second-order valence-electron chi connectivity index (χ2n) is 7.09. The largest absolute Gasteiger partial charge is 0.308 e. The van der Waals surface area contributed by atoms with E-state index in [-0.39, 0.29) is 5.54 Å². The van der Waals surface area contributed by atoms with Crippen molar-refractivity contribution in [2.24, 2.45) is 5.92 Å². The summed E-state index contributed by atoms with van der Waals surface area (Å²) in [5.41, 5.74) is 4.08. The molecule has 0 radical (unpaired) electrons.